The first-order valence-corrected chi connectivity index (χ1v) is 7.17. The van der Waals surface area contributed by atoms with Crippen LogP contribution in [0.1, 0.15) is 16.7 Å². The summed E-state index contributed by atoms with van der Waals surface area (Å²) in [7, 11) is 0. The molecule has 1 heteroatoms. The van der Waals surface area contributed by atoms with Crippen molar-refractivity contribution in [3.8, 4) is 5.75 Å². The van der Waals surface area contributed by atoms with Crippen LogP contribution >= 0.6 is 0 Å². The van der Waals surface area contributed by atoms with Gasteiger partial charge in [0.1, 0.15) is 5.75 Å². The highest BCUT2D eigenvalue weighted by Gasteiger charge is 2.11. The molecule has 0 radical (unpaired) electrons. The summed E-state index contributed by atoms with van der Waals surface area (Å²) in [6, 6.07) is 20.5. The van der Waals surface area contributed by atoms with Gasteiger partial charge in [-0.15, -0.1) is 6.58 Å². The minimum absolute atomic E-state index is 0.400. The largest absolute Gasteiger partial charge is 0.507 e. The molecule has 0 aliphatic rings. The molecule has 0 atom stereocenters. The number of phenolic OH excluding ortho intramolecular Hbond substituents is 1. The van der Waals surface area contributed by atoms with Crippen molar-refractivity contribution in [2.24, 2.45) is 0 Å². The van der Waals surface area contributed by atoms with E-state index >= 15 is 0 Å². The van der Waals surface area contributed by atoms with Crippen LogP contribution in [-0.4, -0.2) is 5.11 Å². The van der Waals surface area contributed by atoms with Crippen molar-refractivity contribution in [2.75, 3.05) is 0 Å². The summed E-state index contributed by atoms with van der Waals surface area (Å²) in [5.41, 5.74) is 3.14. The van der Waals surface area contributed by atoms with E-state index in [4.69, 9.17) is 0 Å². The fourth-order valence-corrected chi connectivity index (χ4v) is 2.78. The Morgan fingerprint density at radius 3 is 2.43 bits per heavy atom. The van der Waals surface area contributed by atoms with Crippen molar-refractivity contribution in [2.45, 2.75) is 12.8 Å². The van der Waals surface area contributed by atoms with Gasteiger partial charge in [-0.1, -0.05) is 60.7 Å². The number of fused-ring (bicyclic) bond motifs is 1. The Hall–Kier alpha value is -2.54. The Bertz CT molecular complexity index is 772. The van der Waals surface area contributed by atoms with Crippen LogP contribution in [-0.2, 0) is 12.8 Å². The number of allylic oxidation sites excluding steroid dienone is 1. The van der Waals surface area contributed by atoms with Gasteiger partial charge < -0.3 is 5.11 Å². The Labute approximate surface area is 125 Å². The molecule has 0 unspecified atom stereocenters. The quantitative estimate of drug-likeness (QED) is 0.673. The lowest BCUT2D eigenvalue weighted by Gasteiger charge is -2.13. The Balaban J connectivity index is 2.14. The minimum Gasteiger partial charge on any atom is -0.507 e. The van der Waals surface area contributed by atoms with Crippen molar-refractivity contribution >= 4 is 10.8 Å². The van der Waals surface area contributed by atoms with Gasteiger partial charge in [0.25, 0.3) is 0 Å². The van der Waals surface area contributed by atoms with E-state index in [1.54, 1.807) is 0 Å². The summed E-state index contributed by atoms with van der Waals surface area (Å²) in [5, 5.41) is 12.9. The van der Waals surface area contributed by atoms with Gasteiger partial charge in [-0.25, -0.2) is 0 Å². The molecule has 0 saturated heterocycles. The second-order valence-electron chi connectivity index (χ2n) is 5.24. The van der Waals surface area contributed by atoms with Crippen molar-refractivity contribution < 1.29 is 5.11 Å². The lowest BCUT2D eigenvalue weighted by Crippen LogP contribution is -1.94. The van der Waals surface area contributed by atoms with Crippen LogP contribution in [0.2, 0.25) is 0 Å². The predicted molar refractivity (Wildman–Crippen MR) is 88.8 cm³/mol. The highest BCUT2D eigenvalue weighted by atomic mass is 16.3. The molecule has 0 aliphatic carbocycles. The maximum absolute atomic E-state index is 10.6. The highest BCUT2D eigenvalue weighted by Crippen LogP contribution is 2.33. The third-order valence-electron chi connectivity index (χ3n) is 3.79. The average molecular weight is 274 g/mol. The number of aromatic hydroxyl groups is 1. The standard InChI is InChI=1S/C20H18O/c1-2-8-19-18-12-7-6-11-16(18)14-17(20(19)21)13-15-9-4-3-5-10-15/h2-7,9-12,14,21H,1,8,13H2. The molecule has 3 aromatic carbocycles. The number of hydrogen-bond acceptors (Lipinski definition) is 1. The molecule has 1 nitrogen and oxygen atoms in total. The molecule has 0 bridgehead atoms. The Morgan fingerprint density at radius 2 is 1.67 bits per heavy atom. The van der Waals surface area contributed by atoms with Gasteiger partial charge in [0.05, 0.1) is 0 Å². The molecule has 3 rings (SSSR count). The zero-order valence-corrected chi connectivity index (χ0v) is 11.9. The van der Waals surface area contributed by atoms with Crippen LogP contribution in [0.3, 0.4) is 0 Å². The van der Waals surface area contributed by atoms with Gasteiger partial charge in [0, 0.05) is 12.0 Å². The Kier molecular flexibility index (Phi) is 3.74. The first kappa shape index (κ1) is 13.4. The second-order valence-corrected chi connectivity index (χ2v) is 5.24. The molecule has 0 saturated carbocycles. The maximum Gasteiger partial charge on any atom is 0.123 e. The summed E-state index contributed by atoms with van der Waals surface area (Å²) in [4.78, 5) is 0. The fraction of sp³-hybridized carbons (Fsp3) is 0.100. The van der Waals surface area contributed by atoms with Gasteiger partial charge in [-0.3, -0.25) is 0 Å². The van der Waals surface area contributed by atoms with Crippen LogP contribution in [0, 0.1) is 0 Å². The summed E-state index contributed by atoms with van der Waals surface area (Å²) >= 11 is 0. The molecule has 0 heterocycles. The van der Waals surface area contributed by atoms with Gasteiger partial charge in [-0.05, 0) is 34.4 Å². The number of rotatable bonds is 4. The summed E-state index contributed by atoms with van der Waals surface area (Å²) in [6.45, 7) is 3.81. The zero-order chi connectivity index (χ0) is 14.7. The molecule has 1 N–H and O–H groups in total. The van der Waals surface area contributed by atoms with E-state index in [0.29, 0.717) is 12.2 Å². The molecule has 0 amide bonds. The van der Waals surface area contributed by atoms with Crippen molar-refractivity contribution in [1.29, 1.82) is 0 Å². The van der Waals surface area contributed by atoms with Crippen molar-refractivity contribution in [1.82, 2.24) is 0 Å². The van der Waals surface area contributed by atoms with Gasteiger partial charge in [0.15, 0.2) is 0 Å². The molecule has 3 aromatic rings. The van der Waals surface area contributed by atoms with E-state index < -0.39 is 0 Å². The Morgan fingerprint density at radius 1 is 0.952 bits per heavy atom. The maximum atomic E-state index is 10.6. The van der Waals surface area contributed by atoms with Crippen molar-refractivity contribution in [3.63, 3.8) is 0 Å². The van der Waals surface area contributed by atoms with Gasteiger partial charge in [-0.2, -0.15) is 0 Å². The first-order valence-electron chi connectivity index (χ1n) is 7.17. The van der Waals surface area contributed by atoms with E-state index in [1.165, 1.54) is 5.56 Å². The summed E-state index contributed by atoms with van der Waals surface area (Å²) < 4.78 is 0. The second kappa shape index (κ2) is 5.84. The van der Waals surface area contributed by atoms with Crippen LogP contribution in [0.4, 0.5) is 0 Å². The third-order valence-corrected chi connectivity index (χ3v) is 3.79. The van der Waals surface area contributed by atoms with Crippen LogP contribution in [0.25, 0.3) is 10.8 Å². The molecular formula is C20H18O. The molecule has 21 heavy (non-hydrogen) atoms. The van der Waals surface area contributed by atoms with E-state index in [2.05, 4.69) is 36.9 Å². The number of benzene rings is 3. The molecule has 104 valence electrons. The topological polar surface area (TPSA) is 20.2 Å². The lowest BCUT2D eigenvalue weighted by molar-refractivity contribution is 0.465. The minimum atomic E-state index is 0.400. The number of phenols is 1. The molecular weight excluding hydrogens is 256 g/mol. The molecule has 0 aromatic heterocycles. The monoisotopic (exact) mass is 274 g/mol. The highest BCUT2D eigenvalue weighted by molar-refractivity contribution is 5.89. The van der Waals surface area contributed by atoms with E-state index in [0.717, 1.165) is 28.3 Å². The normalized spacial score (nSPS) is 10.7. The van der Waals surface area contributed by atoms with Crippen LogP contribution in [0.5, 0.6) is 5.75 Å². The summed E-state index contributed by atoms with van der Waals surface area (Å²) in [6.07, 6.45) is 3.25. The van der Waals surface area contributed by atoms with Crippen LogP contribution in [0.15, 0.2) is 73.3 Å². The lowest BCUT2D eigenvalue weighted by atomic mass is 9.94. The first-order chi connectivity index (χ1) is 10.3. The van der Waals surface area contributed by atoms with E-state index in [-0.39, 0.29) is 0 Å². The SMILES string of the molecule is C=CCc1c(O)c(Cc2ccccc2)cc2ccccc12. The summed E-state index contributed by atoms with van der Waals surface area (Å²) in [5.74, 6) is 0.400. The van der Waals surface area contributed by atoms with E-state index in [9.17, 15) is 5.11 Å². The molecule has 0 spiro atoms. The fourth-order valence-electron chi connectivity index (χ4n) is 2.78. The van der Waals surface area contributed by atoms with Crippen LogP contribution < -0.4 is 0 Å². The molecule has 0 aliphatic heterocycles. The number of hydrogen-bond donors (Lipinski definition) is 1. The zero-order valence-electron chi connectivity index (χ0n) is 11.9. The predicted octanol–water partition coefficient (Wildman–Crippen LogP) is 4.86. The van der Waals surface area contributed by atoms with Gasteiger partial charge in [0.2, 0.25) is 0 Å². The smallest absolute Gasteiger partial charge is 0.123 e. The van der Waals surface area contributed by atoms with Crippen molar-refractivity contribution in [3.05, 3.63) is 90.0 Å². The van der Waals surface area contributed by atoms with E-state index in [1.807, 2.05) is 36.4 Å². The molecule has 0 fully saturated rings. The third kappa shape index (κ3) is 2.68. The van der Waals surface area contributed by atoms with Gasteiger partial charge >= 0.3 is 0 Å². The average Bonchev–Trinajstić information content (AvgIpc) is 2.52.